The molecule has 0 aliphatic heterocycles. The van der Waals surface area contributed by atoms with E-state index in [9.17, 15) is 4.79 Å². The van der Waals surface area contributed by atoms with Gasteiger partial charge in [-0.05, 0) is 37.5 Å². The molecule has 2 nitrogen and oxygen atoms in total. The molecule has 0 saturated carbocycles. The Labute approximate surface area is 99.7 Å². The Hall–Kier alpha value is -0.790. The third-order valence-electron chi connectivity index (χ3n) is 2.60. The largest absolute Gasteiger partial charge is 0.481 e. The summed E-state index contributed by atoms with van der Waals surface area (Å²) in [7, 11) is 0. The summed E-state index contributed by atoms with van der Waals surface area (Å²) < 4.78 is 0. The molecule has 0 heterocycles. The van der Waals surface area contributed by atoms with E-state index in [4.69, 9.17) is 5.11 Å². The molecule has 0 rings (SSSR count). The van der Waals surface area contributed by atoms with E-state index < -0.39 is 5.97 Å². The molecule has 2 heteroatoms. The lowest BCUT2D eigenvalue weighted by molar-refractivity contribution is -0.139. The lowest BCUT2D eigenvalue weighted by Gasteiger charge is -2.22. The van der Waals surface area contributed by atoms with Crippen molar-refractivity contribution < 1.29 is 9.90 Å². The van der Waals surface area contributed by atoms with Crippen LogP contribution in [0.15, 0.2) is 12.2 Å². The number of allylic oxidation sites excluding steroid dienone is 1. The average Bonchev–Trinajstić information content (AvgIpc) is 2.08. The number of hydrogen-bond donors (Lipinski definition) is 1. The van der Waals surface area contributed by atoms with Crippen LogP contribution in [0, 0.1) is 17.3 Å². The van der Waals surface area contributed by atoms with Crippen LogP contribution in [-0.2, 0) is 4.79 Å². The fourth-order valence-electron chi connectivity index (χ4n) is 1.91. The highest BCUT2D eigenvalue weighted by Crippen LogP contribution is 2.26. The van der Waals surface area contributed by atoms with Gasteiger partial charge in [0, 0.05) is 0 Å². The van der Waals surface area contributed by atoms with E-state index in [0.29, 0.717) is 11.3 Å². The molecule has 1 N–H and O–H groups in total. The molecule has 0 bridgehead atoms. The summed E-state index contributed by atoms with van der Waals surface area (Å²) in [4.78, 5) is 10.6. The Morgan fingerprint density at radius 1 is 1.31 bits per heavy atom. The van der Waals surface area contributed by atoms with Gasteiger partial charge in [0.1, 0.15) is 0 Å². The third-order valence-corrected chi connectivity index (χ3v) is 2.60. The molecule has 0 aromatic carbocycles. The van der Waals surface area contributed by atoms with E-state index in [1.807, 2.05) is 6.08 Å². The number of hydrogen-bond acceptors (Lipinski definition) is 1. The molecular formula is C14H26O2. The maximum Gasteiger partial charge on any atom is 0.310 e. The molecule has 0 aliphatic rings. The summed E-state index contributed by atoms with van der Waals surface area (Å²) in [6.07, 6.45) is 7.12. The van der Waals surface area contributed by atoms with Crippen LogP contribution < -0.4 is 0 Å². The SMILES string of the molecule is CC(CCC=CC(C)C(=O)O)CC(C)(C)C. The van der Waals surface area contributed by atoms with Gasteiger partial charge in [0.25, 0.3) is 0 Å². The highest BCUT2D eigenvalue weighted by molar-refractivity contribution is 5.71. The first-order valence-corrected chi connectivity index (χ1v) is 6.12. The van der Waals surface area contributed by atoms with E-state index in [0.717, 1.165) is 12.8 Å². The number of aliphatic carboxylic acids is 1. The number of rotatable bonds is 6. The van der Waals surface area contributed by atoms with Gasteiger partial charge in [-0.25, -0.2) is 0 Å². The van der Waals surface area contributed by atoms with Gasteiger partial charge in [-0.15, -0.1) is 0 Å². The van der Waals surface area contributed by atoms with E-state index in [1.54, 1.807) is 13.0 Å². The molecule has 0 aromatic heterocycles. The predicted molar refractivity (Wildman–Crippen MR) is 68.4 cm³/mol. The lowest BCUT2D eigenvalue weighted by atomic mass is 9.83. The van der Waals surface area contributed by atoms with Crippen LogP contribution in [0.3, 0.4) is 0 Å². The molecule has 2 unspecified atom stereocenters. The van der Waals surface area contributed by atoms with Crippen molar-refractivity contribution in [2.45, 2.75) is 53.9 Å². The molecule has 2 atom stereocenters. The van der Waals surface area contributed by atoms with E-state index in [-0.39, 0.29) is 5.92 Å². The molecule has 16 heavy (non-hydrogen) atoms. The van der Waals surface area contributed by atoms with Crippen molar-refractivity contribution in [1.29, 1.82) is 0 Å². The molecule has 94 valence electrons. The van der Waals surface area contributed by atoms with Crippen molar-refractivity contribution in [3.8, 4) is 0 Å². The van der Waals surface area contributed by atoms with Gasteiger partial charge < -0.3 is 5.11 Å². The fraction of sp³-hybridized carbons (Fsp3) is 0.786. The third kappa shape index (κ3) is 8.51. The summed E-state index contributed by atoms with van der Waals surface area (Å²) in [6, 6.07) is 0. The van der Waals surface area contributed by atoms with Crippen molar-refractivity contribution in [2.75, 3.05) is 0 Å². The van der Waals surface area contributed by atoms with Crippen LogP contribution in [0.5, 0.6) is 0 Å². The zero-order valence-electron chi connectivity index (χ0n) is 11.3. The zero-order chi connectivity index (χ0) is 12.8. The van der Waals surface area contributed by atoms with Crippen molar-refractivity contribution >= 4 is 5.97 Å². The predicted octanol–water partition coefficient (Wildman–Crippen LogP) is 4.12. The van der Waals surface area contributed by atoms with Crippen LogP contribution >= 0.6 is 0 Å². The monoisotopic (exact) mass is 226 g/mol. The maximum absolute atomic E-state index is 10.6. The molecular weight excluding hydrogens is 200 g/mol. The first-order valence-electron chi connectivity index (χ1n) is 6.12. The minimum Gasteiger partial charge on any atom is -0.481 e. The molecule has 0 saturated heterocycles. The highest BCUT2D eigenvalue weighted by Gasteiger charge is 2.14. The van der Waals surface area contributed by atoms with Crippen molar-refractivity contribution in [3.05, 3.63) is 12.2 Å². The quantitative estimate of drug-likeness (QED) is 0.692. The van der Waals surface area contributed by atoms with Gasteiger partial charge in [0.15, 0.2) is 0 Å². The van der Waals surface area contributed by atoms with Crippen LogP contribution in [0.2, 0.25) is 0 Å². The first-order chi connectivity index (χ1) is 7.22. The second-order valence-electron chi connectivity index (χ2n) is 6.00. The maximum atomic E-state index is 10.6. The van der Waals surface area contributed by atoms with Crippen molar-refractivity contribution in [1.82, 2.24) is 0 Å². The molecule has 0 aromatic rings. The normalized spacial score (nSPS) is 16.3. The summed E-state index contributed by atoms with van der Waals surface area (Å²) in [5.41, 5.74) is 0.386. The lowest BCUT2D eigenvalue weighted by Crippen LogP contribution is -2.10. The Morgan fingerprint density at radius 2 is 1.88 bits per heavy atom. The average molecular weight is 226 g/mol. The first kappa shape index (κ1) is 15.2. The van der Waals surface area contributed by atoms with Crippen LogP contribution in [0.4, 0.5) is 0 Å². The molecule has 0 aliphatic carbocycles. The second kappa shape index (κ2) is 6.72. The number of carboxylic acid groups (broad SMARTS) is 1. The molecule has 0 amide bonds. The zero-order valence-corrected chi connectivity index (χ0v) is 11.3. The number of carboxylic acids is 1. The number of carbonyl (C=O) groups is 1. The van der Waals surface area contributed by atoms with Crippen LogP contribution in [-0.4, -0.2) is 11.1 Å². The van der Waals surface area contributed by atoms with Gasteiger partial charge in [0.05, 0.1) is 5.92 Å². The molecule has 0 radical (unpaired) electrons. The fourth-order valence-corrected chi connectivity index (χ4v) is 1.91. The minimum absolute atomic E-state index is 0.363. The Bertz CT molecular complexity index is 236. The minimum atomic E-state index is -0.751. The van der Waals surface area contributed by atoms with Crippen molar-refractivity contribution in [2.24, 2.45) is 17.3 Å². The Balaban J connectivity index is 3.78. The topological polar surface area (TPSA) is 37.3 Å². The van der Waals surface area contributed by atoms with Gasteiger partial charge in [-0.2, -0.15) is 0 Å². The smallest absolute Gasteiger partial charge is 0.310 e. The highest BCUT2D eigenvalue weighted by atomic mass is 16.4. The molecule has 0 fully saturated rings. The van der Waals surface area contributed by atoms with Gasteiger partial charge in [0.2, 0.25) is 0 Å². The summed E-state index contributed by atoms with van der Waals surface area (Å²) >= 11 is 0. The van der Waals surface area contributed by atoms with E-state index >= 15 is 0 Å². The second-order valence-corrected chi connectivity index (χ2v) is 6.00. The molecule has 0 spiro atoms. The standard InChI is InChI=1S/C14H26O2/c1-11(10-14(3,4)5)8-6-7-9-12(2)13(15)16/h7,9,11-12H,6,8,10H2,1-5H3,(H,15,16). The Morgan fingerprint density at radius 3 is 2.31 bits per heavy atom. The van der Waals surface area contributed by atoms with Gasteiger partial charge in [-0.3, -0.25) is 4.79 Å². The van der Waals surface area contributed by atoms with Crippen LogP contribution in [0.1, 0.15) is 53.9 Å². The summed E-state index contributed by atoms with van der Waals surface area (Å²) in [6.45, 7) is 10.7. The van der Waals surface area contributed by atoms with Gasteiger partial charge in [-0.1, -0.05) is 39.8 Å². The van der Waals surface area contributed by atoms with E-state index in [1.165, 1.54) is 6.42 Å². The summed E-state index contributed by atoms with van der Waals surface area (Å²) in [5, 5.41) is 8.69. The Kier molecular flexibility index (Phi) is 6.39. The van der Waals surface area contributed by atoms with Gasteiger partial charge >= 0.3 is 5.97 Å². The van der Waals surface area contributed by atoms with E-state index in [2.05, 4.69) is 27.7 Å². The van der Waals surface area contributed by atoms with Crippen molar-refractivity contribution in [3.63, 3.8) is 0 Å². The summed E-state index contributed by atoms with van der Waals surface area (Å²) in [5.74, 6) is -0.415. The van der Waals surface area contributed by atoms with Crippen LogP contribution in [0.25, 0.3) is 0 Å².